The average Bonchev–Trinajstić information content (AvgIpc) is 2.41. The van der Waals surface area contributed by atoms with Crippen LogP contribution in [0.25, 0.3) is 11.1 Å². The smallest absolute Gasteiger partial charge is 0.437 e. The Morgan fingerprint density at radius 3 is 2.00 bits per heavy atom. The van der Waals surface area contributed by atoms with Gasteiger partial charge in [-0.2, -0.15) is 13.2 Å². The fourth-order valence-electron chi connectivity index (χ4n) is 1.82. The minimum Gasteiger partial charge on any atom is -0.508 e. The van der Waals surface area contributed by atoms with Crippen LogP contribution in [0.15, 0.2) is 47.6 Å². The summed E-state index contributed by atoms with van der Waals surface area (Å²) in [5, 5.41) is 29.5. The van der Waals surface area contributed by atoms with Gasteiger partial charge in [-0.05, 0) is 35.4 Å². The van der Waals surface area contributed by atoms with Crippen molar-refractivity contribution in [2.75, 3.05) is 0 Å². The van der Waals surface area contributed by atoms with Crippen LogP contribution in [0.3, 0.4) is 0 Å². The highest BCUT2D eigenvalue weighted by Crippen LogP contribution is 2.32. The molecule has 0 fully saturated rings. The Bertz CT molecular complexity index is 679. The van der Waals surface area contributed by atoms with Crippen molar-refractivity contribution in [2.24, 2.45) is 5.16 Å². The van der Waals surface area contributed by atoms with Crippen molar-refractivity contribution in [3.05, 3.63) is 48.0 Å². The van der Waals surface area contributed by atoms with Crippen molar-refractivity contribution >= 4 is 5.71 Å². The monoisotopic (exact) mass is 297 g/mol. The predicted octanol–water partition coefficient (Wildman–Crippen LogP) is 3.51. The summed E-state index contributed by atoms with van der Waals surface area (Å²) in [6, 6.07) is 9.33. The van der Waals surface area contributed by atoms with Gasteiger partial charge < -0.3 is 15.4 Å². The van der Waals surface area contributed by atoms with Crippen molar-refractivity contribution in [1.29, 1.82) is 0 Å². The van der Waals surface area contributed by atoms with Crippen molar-refractivity contribution in [2.45, 2.75) is 6.18 Å². The van der Waals surface area contributed by atoms with E-state index in [2.05, 4.69) is 5.16 Å². The van der Waals surface area contributed by atoms with Gasteiger partial charge in [0.25, 0.3) is 0 Å². The second-order valence-electron chi connectivity index (χ2n) is 4.23. The highest BCUT2D eigenvalue weighted by Gasteiger charge is 2.39. The van der Waals surface area contributed by atoms with Gasteiger partial charge in [-0.3, -0.25) is 0 Å². The molecule has 2 aromatic rings. The normalized spacial score (nSPS) is 12.4. The van der Waals surface area contributed by atoms with Gasteiger partial charge in [0.1, 0.15) is 11.5 Å². The summed E-state index contributed by atoms with van der Waals surface area (Å²) in [6.45, 7) is 0. The number of aromatic hydroxyl groups is 2. The third kappa shape index (κ3) is 3.07. The lowest BCUT2D eigenvalue weighted by atomic mass is 10.00. The number of hydrogen-bond donors (Lipinski definition) is 3. The predicted molar refractivity (Wildman–Crippen MR) is 69.6 cm³/mol. The molecule has 0 saturated carbocycles. The van der Waals surface area contributed by atoms with Crippen molar-refractivity contribution in [3.63, 3.8) is 0 Å². The van der Waals surface area contributed by atoms with Gasteiger partial charge in [-0.15, -0.1) is 0 Å². The minimum absolute atomic E-state index is 0.0191. The Balaban J connectivity index is 2.54. The molecule has 0 unspecified atom stereocenters. The van der Waals surface area contributed by atoms with Crippen LogP contribution in [0.1, 0.15) is 5.56 Å². The molecule has 0 aromatic heterocycles. The molecule has 7 heteroatoms. The van der Waals surface area contributed by atoms with Crippen molar-refractivity contribution in [1.82, 2.24) is 0 Å². The molecule has 0 aliphatic carbocycles. The van der Waals surface area contributed by atoms with Crippen LogP contribution in [0.5, 0.6) is 11.5 Å². The van der Waals surface area contributed by atoms with E-state index in [1.807, 2.05) is 0 Å². The van der Waals surface area contributed by atoms with Crippen molar-refractivity contribution in [3.8, 4) is 22.6 Å². The molecule has 110 valence electrons. The summed E-state index contributed by atoms with van der Waals surface area (Å²) in [4.78, 5) is 0. The number of phenolic OH excluding ortho intramolecular Hbond substituents is 2. The molecule has 0 saturated heterocycles. The van der Waals surface area contributed by atoms with E-state index in [1.165, 1.54) is 30.3 Å². The van der Waals surface area contributed by atoms with Crippen LogP contribution in [-0.4, -0.2) is 27.3 Å². The summed E-state index contributed by atoms with van der Waals surface area (Å²) in [5.74, 6) is -0.631. The zero-order chi connectivity index (χ0) is 15.6. The molecule has 0 amide bonds. The first kappa shape index (κ1) is 14.7. The second kappa shape index (κ2) is 5.35. The van der Waals surface area contributed by atoms with Crippen molar-refractivity contribution < 1.29 is 28.6 Å². The van der Waals surface area contributed by atoms with E-state index >= 15 is 0 Å². The van der Waals surface area contributed by atoms with E-state index in [4.69, 9.17) is 5.21 Å². The standard InChI is InChI=1S/C14H10F3NO3/c15-14(16,17)13(18-21)11-7-9(3-6-12(11)20)8-1-4-10(19)5-2-8/h1-7,19-21H/b18-13-. The van der Waals surface area contributed by atoms with E-state index < -0.39 is 23.2 Å². The van der Waals surface area contributed by atoms with Gasteiger partial charge in [0.05, 0.1) is 5.56 Å². The van der Waals surface area contributed by atoms with E-state index in [-0.39, 0.29) is 5.75 Å². The molecule has 0 aliphatic heterocycles. The lowest BCUT2D eigenvalue weighted by Crippen LogP contribution is -2.24. The van der Waals surface area contributed by atoms with Crippen LogP contribution in [0.2, 0.25) is 0 Å². The summed E-state index contributed by atoms with van der Waals surface area (Å²) in [6.07, 6.45) is -4.90. The number of benzene rings is 2. The Morgan fingerprint density at radius 2 is 1.48 bits per heavy atom. The molecular weight excluding hydrogens is 287 g/mol. The number of nitrogens with zero attached hydrogens (tertiary/aromatic N) is 1. The SMILES string of the molecule is O/N=C(/c1cc(-c2ccc(O)cc2)ccc1O)C(F)(F)F. The maximum Gasteiger partial charge on any atom is 0.437 e. The molecule has 0 aliphatic rings. The summed E-state index contributed by atoms with van der Waals surface area (Å²) >= 11 is 0. The molecule has 2 rings (SSSR count). The maximum absolute atomic E-state index is 12.7. The lowest BCUT2D eigenvalue weighted by Gasteiger charge is -2.12. The van der Waals surface area contributed by atoms with Gasteiger partial charge in [-0.25, -0.2) is 0 Å². The Kier molecular flexibility index (Phi) is 3.75. The molecule has 0 atom stereocenters. The van der Waals surface area contributed by atoms with Gasteiger partial charge in [-0.1, -0.05) is 23.4 Å². The highest BCUT2D eigenvalue weighted by molar-refractivity contribution is 6.07. The van der Waals surface area contributed by atoms with Gasteiger partial charge in [0.2, 0.25) is 0 Å². The second-order valence-corrected chi connectivity index (χ2v) is 4.23. The molecule has 3 N–H and O–H groups in total. The number of rotatable bonds is 2. The molecule has 4 nitrogen and oxygen atoms in total. The first-order valence-electron chi connectivity index (χ1n) is 5.75. The molecule has 0 radical (unpaired) electrons. The molecule has 2 aromatic carbocycles. The van der Waals surface area contributed by atoms with E-state index in [9.17, 15) is 23.4 Å². The van der Waals surface area contributed by atoms with Crippen LogP contribution in [0.4, 0.5) is 13.2 Å². The quantitative estimate of drug-likeness (QED) is 0.451. The number of halogens is 3. The topological polar surface area (TPSA) is 73.1 Å². The van der Waals surface area contributed by atoms with Gasteiger partial charge in [0, 0.05) is 0 Å². The molecular formula is C14H10F3NO3. The zero-order valence-corrected chi connectivity index (χ0v) is 10.5. The molecule has 0 spiro atoms. The number of oxime groups is 1. The Labute approximate surface area is 117 Å². The largest absolute Gasteiger partial charge is 0.508 e. The van der Waals surface area contributed by atoms with Crippen LogP contribution >= 0.6 is 0 Å². The molecule has 0 bridgehead atoms. The van der Waals surface area contributed by atoms with Crippen LogP contribution in [0, 0.1) is 0 Å². The van der Waals surface area contributed by atoms with Crippen LogP contribution < -0.4 is 0 Å². The summed E-state index contributed by atoms with van der Waals surface area (Å²) in [7, 11) is 0. The number of alkyl halides is 3. The van der Waals surface area contributed by atoms with Gasteiger partial charge in [0.15, 0.2) is 5.71 Å². The fraction of sp³-hybridized carbons (Fsp3) is 0.0714. The van der Waals surface area contributed by atoms with E-state index in [0.29, 0.717) is 11.1 Å². The number of phenols is 2. The Hall–Kier alpha value is -2.70. The molecule has 0 heterocycles. The third-order valence-corrected chi connectivity index (χ3v) is 2.82. The maximum atomic E-state index is 12.7. The summed E-state index contributed by atoms with van der Waals surface area (Å²) < 4.78 is 38.2. The van der Waals surface area contributed by atoms with Crippen LogP contribution in [-0.2, 0) is 0 Å². The first-order chi connectivity index (χ1) is 9.82. The third-order valence-electron chi connectivity index (χ3n) is 2.82. The first-order valence-corrected chi connectivity index (χ1v) is 5.75. The minimum atomic E-state index is -4.90. The number of hydrogen-bond acceptors (Lipinski definition) is 4. The van der Waals surface area contributed by atoms with E-state index in [1.54, 1.807) is 0 Å². The zero-order valence-electron chi connectivity index (χ0n) is 10.5. The van der Waals surface area contributed by atoms with Gasteiger partial charge >= 0.3 is 6.18 Å². The average molecular weight is 297 g/mol. The molecule has 21 heavy (non-hydrogen) atoms. The fourth-order valence-corrected chi connectivity index (χ4v) is 1.82. The highest BCUT2D eigenvalue weighted by atomic mass is 19.4. The van der Waals surface area contributed by atoms with E-state index in [0.717, 1.165) is 12.1 Å². The summed E-state index contributed by atoms with van der Waals surface area (Å²) in [5.41, 5.74) is -1.31. The lowest BCUT2D eigenvalue weighted by molar-refractivity contribution is -0.0602. The Morgan fingerprint density at radius 1 is 0.905 bits per heavy atom.